The highest BCUT2D eigenvalue weighted by Crippen LogP contribution is 2.41. The van der Waals surface area contributed by atoms with Gasteiger partial charge in [0.1, 0.15) is 11.7 Å². The standard InChI is InChI=1S/C25H27NO4.C2H5NO2/c1-28-23(29-2)18-22(24(26)27)30-25(19-12-6-3-7-13-19,20-14-8-4-9-15-20)21-16-10-5-11-17-21;3-1-2(4)5/h3-17,22-23H,18H2,1-2H3,(H2,26,27);1,3H2,(H,4,5). The van der Waals surface area contributed by atoms with E-state index in [-0.39, 0.29) is 13.0 Å². The van der Waals surface area contributed by atoms with Crippen molar-refractivity contribution in [3.8, 4) is 0 Å². The van der Waals surface area contributed by atoms with Crippen LogP contribution in [0.2, 0.25) is 0 Å². The Morgan fingerprint density at radius 2 is 1.14 bits per heavy atom. The number of carboxylic acid groups (broad SMARTS) is 1. The van der Waals surface area contributed by atoms with Crippen LogP contribution in [-0.2, 0) is 29.4 Å². The molecule has 1 unspecified atom stereocenters. The van der Waals surface area contributed by atoms with Crippen molar-refractivity contribution < 1.29 is 28.9 Å². The lowest BCUT2D eigenvalue weighted by atomic mass is 9.79. The van der Waals surface area contributed by atoms with E-state index in [4.69, 9.17) is 25.1 Å². The zero-order valence-corrected chi connectivity index (χ0v) is 19.9. The van der Waals surface area contributed by atoms with Gasteiger partial charge in [-0.1, -0.05) is 91.0 Å². The number of hydrogen-bond acceptors (Lipinski definition) is 6. The minimum absolute atomic E-state index is 0.163. The van der Waals surface area contributed by atoms with E-state index in [1.807, 2.05) is 91.0 Å². The fourth-order valence-corrected chi connectivity index (χ4v) is 3.62. The van der Waals surface area contributed by atoms with Crippen LogP contribution in [0, 0.1) is 0 Å². The first-order valence-electron chi connectivity index (χ1n) is 11.0. The van der Waals surface area contributed by atoms with Gasteiger partial charge in [-0.3, -0.25) is 9.59 Å². The SMILES string of the molecule is COC(CC(OC(c1ccccc1)(c1ccccc1)c1ccccc1)C(N)=O)OC.NCC(=O)O. The van der Waals surface area contributed by atoms with E-state index in [1.165, 1.54) is 14.2 Å². The Kier molecular flexibility index (Phi) is 11.1. The first-order chi connectivity index (χ1) is 16.9. The molecular weight excluding hydrogens is 448 g/mol. The van der Waals surface area contributed by atoms with Gasteiger partial charge in [-0.25, -0.2) is 0 Å². The molecule has 5 N–H and O–H groups in total. The number of hydrogen-bond donors (Lipinski definition) is 3. The number of primary amides is 1. The molecule has 1 atom stereocenters. The predicted molar refractivity (Wildman–Crippen MR) is 132 cm³/mol. The van der Waals surface area contributed by atoms with E-state index in [0.717, 1.165) is 16.7 Å². The van der Waals surface area contributed by atoms with Gasteiger partial charge >= 0.3 is 5.97 Å². The van der Waals surface area contributed by atoms with Crippen molar-refractivity contribution in [3.63, 3.8) is 0 Å². The highest BCUT2D eigenvalue weighted by Gasteiger charge is 2.41. The van der Waals surface area contributed by atoms with E-state index in [9.17, 15) is 9.59 Å². The third-order valence-electron chi connectivity index (χ3n) is 5.28. The average molecular weight is 481 g/mol. The number of carboxylic acids is 1. The average Bonchev–Trinajstić information content (AvgIpc) is 2.90. The number of carbonyl (C=O) groups is 2. The summed E-state index contributed by atoms with van der Waals surface area (Å²) in [5.74, 6) is -1.55. The number of amides is 1. The van der Waals surface area contributed by atoms with Crippen LogP contribution >= 0.6 is 0 Å². The second-order valence-corrected chi connectivity index (χ2v) is 7.52. The molecule has 8 heteroatoms. The smallest absolute Gasteiger partial charge is 0.317 e. The molecule has 0 aliphatic carbocycles. The number of aliphatic carboxylic acids is 1. The number of methoxy groups -OCH3 is 2. The molecule has 3 aromatic carbocycles. The molecule has 0 saturated heterocycles. The van der Waals surface area contributed by atoms with E-state index in [2.05, 4.69) is 5.73 Å². The number of nitrogens with two attached hydrogens (primary N) is 2. The van der Waals surface area contributed by atoms with Crippen molar-refractivity contribution in [1.29, 1.82) is 0 Å². The number of ether oxygens (including phenoxy) is 3. The summed E-state index contributed by atoms with van der Waals surface area (Å²) in [6.07, 6.45) is -1.41. The topological polar surface area (TPSA) is 134 Å². The lowest BCUT2D eigenvalue weighted by molar-refractivity contribution is -0.160. The Morgan fingerprint density at radius 3 is 1.40 bits per heavy atom. The third kappa shape index (κ3) is 7.46. The maximum Gasteiger partial charge on any atom is 0.317 e. The van der Waals surface area contributed by atoms with Crippen LogP contribution in [0.4, 0.5) is 0 Å². The summed E-state index contributed by atoms with van der Waals surface area (Å²) in [4.78, 5) is 21.7. The lowest BCUT2D eigenvalue weighted by Gasteiger charge is -2.38. The molecule has 0 radical (unpaired) electrons. The highest BCUT2D eigenvalue weighted by molar-refractivity contribution is 5.79. The Morgan fingerprint density at radius 1 is 0.800 bits per heavy atom. The van der Waals surface area contributed by atoms with Crippen molar-refractivity contribution >= 4 is 11.9 Å². The summed E-state index contributed by atoms with van der Waals surface area (Å²) in [7, 11) is 3.04. The minimum atomic E-state index is -1.05. The molecule has 1 amide bonds. The maximum atomic E-state index is 12.4. The van der Waals surface area contributed by atoms with Gasteiger partial charge in [0.2, 0.25) is 5.91 Å². The molecule has 0 aliphatic rings. The quantitative estimate of drug-likeness (QED) is 0.284. The Labute approximate surface area is 205 Å². The van der Waals surface area contributed by atoms with Crippen LogP contribution in [0.1, 0.15) is 23.1 Å². The first kappa shape index (κ1) is 27.7. The van der Waals surface area contributed by atoms with Gasteiger partial charge in [0, 0.05) is 20.6 Å². The largest absolute Gasteiger partial charge is 0.480 e. The van der Waals surface area contributed by atoms with Crippen LogP contribution in [0.5, 0.6) is 0 Å². The predicted octanol–water partition coefficient (Wildman–Crippen LogP) is 2.89. The Balaban J connectivity index is 0.000000784. The van der Waals surface area contributed by atoms with Crippen LogP contribution in [0.15, 0.2) is 91.0 Å². The van der Waals surface area contributed by atoms with Gasteiger partial charge in [-0.05, 0) is 16.7 Å². The summed E-state index contributed by atoms with van der Waals surface area (Å²) in [5, 5.41) is 7.60. The van der Waals surface area contributed by atoms with Crippen molar-refractivity contribution in [2.45, 2.75) is 24.4 Å². The number of rotatable bonds is 11. The zero-order valence-electron chi connectivity index (χ0n) is 19.9. The monoisotopic (exact) mass is 480 g/mol. The van der Waals surface area contributed by atoms with E-state index in [1.54, 1.807) is 0 Å². The molecule has 0 heterocycles. The van der Waals surface area contributed by atoms with Crippen LogP contribution < -0.4 is 11.5 Å². The normalized spacial score (nSPS) is 11.9. The second-order valence-electron chi connectivity index (χ2n) is 7.52. The van der Waals surface area contributed by atoms with Crippen LogP contribution in [-0.4, -0.2) is 50.1 Å². The second kappa shape index (κ2) is 14.0. The van der Waals surface area contributed by atoms with Gasteiger partial charge in [0.05, 0.1) is 6.54 Å². The van der Waals surface area contributed by atoms with Gasteiger partial charge in [0.15, 0.2) is 6.29 Å². The molecule has 0 aliphatic heterocycles. The molecule has 0 saturated carbocycles. The van der Waals surface area contributed by atoms with Gasteiger partial charge in [0.25, 0.3) is 0 Å². The molecule has 8 nitrogen and oxygen atoms in total. The summed E-state index contributed by atoms with van der Waals surface area (Å²) in [6, 6.07) is 29.5. The fourth-order valence-electron chi connectivity index (χ4n) is 3.62. The third-order valence-corrected chi connectivity index (χ3v) is 5.28. The maximum absolute atomic E-state index is 12.4. The minimum Gasteiger partial charge on any atom is -0.480 e. The van der Waals surface area contributed by atoms with E-state index in [0.29, 0.717) is 0 Å². The molecule has 0 bridgehead atoms. The molecular formula is C27H32N2O6. The van der Waals surface area contributed by atoms with Gasteiger partial charge in [-0.15, -0.1) is 0 Å². The highest BCUT2D eigenvalue weighted by atomic mass is 16.7. The summed E-state index contributed by atoms with van der Waals surface area (Å²) >= 11 is 0. The molecule has 0 spiro atoms. The molecule has 186 valence electrons. The van der Waals surface area contributed by atoms with Crippen LogP contribution in [0.3, 0.4) is 0 Å². The van der Waals surface area contributed by atoms with Crippen LogP contribution in [0.25, 0.3) is 0 Å². The van der Waals surface area contributed by atoms with E-state index >= 15 is 0 Å². The first-order valence-corrected chi connectivity index (χ1v) is 11.0. The Bertz CT molecular complexity index is 931. The lowest BCUT2D eigenvalue weighted by Crippen LogP contribution is -2.44. The Hall–Kier alpha value is -3.56. The molecule has 0 aromatic heterocycles. The van der Waals surface area contributed by atoms with Gasteiger partial charge in [-0.2, -0.15) is 0 Å². The van der Waals surface area contributed by atoms with Crippen molar-refractivity contribution in [2.75, 3.05) is 20.8 Å². The fraction of sp³-hybridized carbons (Fsp3) is 0.259. The summed E-state index contributed by atoms with van der Waals surface area (Å²) in [6.45, 7) is -0.278. The van der Waals surface area contributed by atoms with Gasteiger partial charge < -0.3 is 30.8 Å². The molecule has 0 fully saturated rings. The molecule has 3 aromatic rings. The summed E-state index contributed by atoms with van der Waals surface area (Å²) < 4.78 is 17.3. The molecule has 35 heavy (non-hydrogen) atoms. The van der Waals surface area contributed by atoms with Crippen molar-refractivity contribution in [3.05, 3.63) is 108 Å². The summed E-state index contributed by atoms with van der Waals surface area (Å²) in [5.41, 5.74) is 12.0. The zero-order chi connectivity index (χ0) is 25.7. The van der Waals surface area contributed by atoms with E-state index < -0.39 is 29.9 Å². The van der Waals surface area contributed by atoms with Crippen molar-refractivity contribution in [2.24, 2.45) is 11.5 Å². The number of benzene rings is 3. The van der Waals surface area contributed by atoms with Crippen molar-refractivity contribution in [1.82, 2.24) is 0 Å². The number of carbonyl (C=O) groups excluding carboxylic acids is 1. The molecule has 3 rings (SSSR count).